The van der Waals surface area contributed by atoms with E-state index < -0.39 is 5.41 Å². The quantitative estimate of drug-likeness (QED) is 0.765. The summed E-state index contributed by atoms with van der Waals surface area (Å²) in [7, 11) is 0. The summed E-state index contributed by atoms with van der Waals surface area (Å²) in [5.74, 6) is 0.451. The standard InChI is InChI=1S/C13H14N4O/c14-10-8-15-17-11(10)16-12(18)13(6-7-13)9-4-2-1-3-5-9/h1-5,8H,6-7,14H2,(H2,15,16,17,18). The summed E-state index contributed by atoms with van der Waals surface area (Å²) in [6, 6.07) is 9.83. The second kappa shape index (κ2) is 3.87. The number of hydrogen-bond donors (Lipinski definition) is 3. The summed E-state index contributed by atoms with van der Waals surface area (Å²) < 4.78 is 0. The Labute approximate surface area is 104 Å². The first kappa shape index (κ1) is 10.8. The van der Waals surface area contributed by atoms with Gasteiger partial charge in [-0.15, -0.1) is 0 Å². The fourth-order valence-corrected chi connectivity index (χ4v) is 2.16. The third-order valence-corrected chi connectivity index (χ3v) is 3.42. The molecule has 0 radical (unpaired) electrons. The van der Waals surface area contributed by atoms with Crippen LogP contribution in [-0.2, 0) is 10.2 Å². The molecule has 0 unspecified atom stereocenters. The molecule has 4 N–H and O–H groups in total. The van der Waals surface area contributed by atoms with Gasteiger partial charge in [-0.2, -0.15) is 5.10 Å². The van der Waals surface area contributed by atoms with E-state index in [-0.39, 0.29) is 5.91 Å². The average molecular weight is 242 g/mol. The fourth-order valence-electron chi connectivity index (χ4n) is 2.16. The monoisotopic (exact) mass is 242 g/mol. The van der Waals surface area contributed by atoms with E-state index in [1.54, 1.807) is 0 Å². The number of nitrogens with zero attached hydrogens (tertiary/aromatic N) is 1. The molecule has 0 aliphatic heterocycles. The summed E-state index contributed by atoms with van der Waals surface area (Å²) in [4.78, 5) is 12.3. The van der Waals surface area contributed by atoms with Crippen LogP contribution in [0.5, 0.6) is 0 Å². The Balaban J connectivity index is 1.83. The molecular formula is C13H14N4O. The summed E-state index contributed by atoms with van der Waals surface area (Å²) in [6.07, 6.45) is 3.23. The first-order chi connectivity index (χ1) is 8.72. The number of benzene rings is 1. The van der Waals surface area contributed by atoms with E-state index in [1.165, 1.54) is 6.20 Å². The first-order valence-electron chi connectivity index (χ1n) is 5.88. The first-order valence-corrected chi connectivity index (χ1v) is 5.88. The van der Waals surface area contributed by atoms with Gasteiger partial charge in [0.2, 0.25) is 5.91 Å². The van der Waals surface area contributed by atoms with Gasteiger partial charge in [0.15, 0.2) is 5.82 Å². The minimum atomic E-state index is -0.390. The number of aromatic amines is 1. The highest BCUT2D eigenvalue weighted by molar-refractivity contribution is 6.02. The lowest BCUT2D eigenvalue weighted by atomic mass is 9.95. The fraction of sp³-hybridized carbons (Fsp3) is 0.231. The molecule has 92 valence electrons. The van der Waals surface area contributed by atoms with Crippen molar-refractivity contribution in [2.45, 2.75) is 18.3 Å². The predicted molar refractivity (Wildman–Crippen MR) is 69.0 cm³/mol. The average Bonchev–Trinajstić information content (AvgIpc) is 3.12. The van der Waals surface area contributed by atoms with Crippen LogP contribution in [0, 0.1) is 0 Å². The zero-order valence-corrected chi connectivity index (χ0v) is 9.81. The van der Waals surface area contributed by atoms with Crippen molar-refractivity contribution in [2.24, 2.45) is 0 Å². The Morgan fingerprint density at radius 2 is 2.06 bits per heavy atom. The van der Waals surface area contributed by atoms with Gasteiger partial charge in [-0.05, 0) is 18.4 Å². The highest BCUT2D eigenvalue weighted by atomic mass is 16.2. The van der Waals surface area contributed by atoms with Gasteiger partial charge in [0.05, 0.1) is 17.3 Å². The molecule has 5 heteroatoms. The Morgan fingerprint density at radius 3 is 2.61 bits per heavy atom. The Bertz CT molecular complexity index is 572. The third kappa shape index (κ3) is 1.64. The molecule has 1 aliphatic rings. The van der Waals surface area contributed by atoms with E-state index in [1.807, 2.05) is 30.3 Å². The summed E-state index contributed by atoms with van der Waals surface area (Å²) >= 11 is 0. The Morgan fingerprint density at radius 1 is 1.33 bits per heavy atom. The van der Waals surface area contributed by atoms with Gasteiger partial charge < -0.3 is 11.1 Å². The van der Waals surface area contributed by atoms with E-state index in [4.69, 9.17) is 5.73 Å². The number of nitrogens with two attached hydrogens (primary N) is 1. The summed E-state index contributed by atoms with van der Waals surface area (Å²) in [6.45, 7) is 0. The number of amides is 1. The number of rotatable bonds is 3. The second-order valence-corrected chi connectivity index (χ2v) is 4.60. The van der Waals surface area contributed by atoms with Crippen LogP contribution in [-0.4, -0.2) is 16.1 Å². The maximum absolute atomic E-state index is 12.3. The number of H-pyrrole nitrogens is 1. The highest BCUT2D eigenvalue weighted by Crippen LogP contribution is 2.48. The minimum Gasteiger partial charge on any atom is -0.394 e. The molecular weight excluding hydrogens is 228 g/mol. The van der Waals surface area contributed by atoms with Crippen LogP contribution < -0.4 is 11.1 Å². The molecule has 1 aromatic heterocycles. The third-order valence-electron chi connectivity index (χ3n) is 3.42. The van der Waals surface area contributed by atoms with Crippen molar-refractivity contribution in [3.8, 4) is 0 Å². The second-order valence-electron chi connectivity index (χ2n) is 4.60. The molecule has 1 aromatic carbocycles. The lowest BCUT2D eigenvalue weighted by molar-refractivity contribution is -0.118. The Kier molecular flexibility index (Phi) is 2.33. The van der Waals surface area contributed by atoms with Crippen molar-refractivity contribution in [1.82, 2.24) is 10.2 Å². The zero-order chi connectivity index (χ0) is 12.6. The molecule has 0 saturated heterocycles. The van der Waals surface area contributed by atoms with Gasteiger partial charge in [0.25, 0.3) is 0 Å². The largest absolute Gasteiger partial charge is 0.394 e. The maximum atomic E-state index is 12.3. The van der Waals surface area contributed by atoms with Crippen molar-refractivity contribution >= 4 is 17.4 Å². The van der Waals surface area contributed by atoms with Gasteiger partial charge in [0.1, 0.15) is 0 Å². The van der Waals surface area contributed by atoms with Gasteiger partial charge in [-0.3, -0.25) is 9.89 Å². The van der Waals surface area contributed by atoms with Crippen LogP contribution in [0.4, 0.5) is 11.5 Å². The van der Waals surface area contributed by atoms with E-state index in [0.29, 0.717) is 11.5 Å². The van der Waals surface area contributed by atoms with Gasteiger partial charge in [-0.1, -0.05) is 30.3 Å². The molecule has 1 amide bonds. The Hall–Kier alpha value is -2.30. The SMILES string of the molecule is Nc1cn[nH]c1NC(=O)C1(c2ccccc2)CC1. The number of aromatic nitrogens is 2. The molecule has 1 heterocycles. The topological polar surface area (TPSA) is 83.8 Å². The van der Waals surface area contributed by atoms with Crippen LogP contribution in [0.2, 0.25) is 0 Å². The molecule has 1 fully saturated rings. The molecule has 1 saturated carbocycles. The van der Waals surface area contributed by atoms with Crippen molar-refractivity contribution in [3.63, 3.8) is 0 Å². The summed E-state index contributed by atoms with van der Waals surface area (Å²) in [5.41, 5.74) is 6.80. The number of hydrogen-bond acceptors (Lipinski definition) is 3. The number of nitrogens with one attached hydrogen (secondary N) is 2. The predicted octanol–water partition coefficient (Wildman–Crippen LogP) is 1.66. The van der Waals surface area contributed by atoms with Crippen molar-refractivity contribution < 1.29 is 4.79 Å². The molecule has 0 bridgehead atoms. The van der Waals surface area contributed by atoms with Gasteiger partial charge >= 0.3 is 0 Å². The highest BCUT2D eigenvalue weighted by Gasteiger charge is 2.51. The lowest BCUT2D eigenvalue weighted by Crippen LogP contribution is -2.28. The van der Waals surface area contributed by atoms with E-state index in [2.05, 4.69) is 15.5 Å². The van der Waals surface area contributed by atoms with Crippen molar-refractivity contribution in [1.29, 1.82) is 0 Å². The van der Waals surface area contributed by atoms with E-state index in [0.717, 1.165) is 18.4 Å². The van der Waals surface area contributed by atoms with Crippen LogP contribution >= 0.6 is 0 Å². The smallest absolute Gasteiger partial charge is 0.236 e. The van der Waals surface area contributed by atoms with E-state index >= 15 is 0 Å². The lowest BCUT2D eigenvalue weighted by Gasteiger charge is -2.15. The van der Waals surface area contributed by atoms with Crippen molar-refractivity contribution in [3.05, 3.63) is 42.1 Å². The molecule has 0 spiro atoms. The van der Waals surface area contributed by atoms with Gasteiger partial charge in [-0.25, -0.2) is 0 Å². The minimum absolute atomic E-state index is 0.0235. The molecule has 5 nitrogen and oxygen atoms in total. The van der Waals surface area contributed by atoms with E-state index in [9.17, 15) is 4.79 Å². The molecule has 18 heavy (non-hydrogen) atoms. The molecule has 3 rings (SSSR count). The molecule has 1 aliphatic carbocycles. The van der Waals surface area contributed by atoms with Crippen LogP contribution in [0.1, 0.15) is 18.4 Å². The number of anilines is 2. The maximum Gasteiger partial charge on any atom is 0.236 e. The normalized spacial score (nSPS) is 16.2. The summed E-state index contributed by atoms with van der Waals surface area (Å²) in [5, 5.41) is 9.28. The van der Waals surface area contributed by atoms with Crippen LogP contribution in [0.25, 0.3) is 0 Å². The van der Waals surface area contributed by atoms with Crippen molar-refractivity contribution in [2.75, 3.05) is 11.1 Å². The number of nitrogen functional groups attached to an aromatic ring is 1. The van der Waals surface area contributed by atoms with Gasteiger partial charge in [0, 0.05) is 0 Å². The zero-order valence-electron chi connectivity index (χ0n) is 9.81. The number of carbonyl (C=O) groups excluding carboxylic acids is 1. The molecule has 0 atom stereocenters. The number of carbonyl (C=O) groups is 1. The van der Waals surface area contributed by atoms with Crippen LogP contribution in [0.15, 0.2) is 36.5 Å². The van der Waals surface area contributed by atoms with Crippen LogP contribution in [0.3, 0.4) is 0 Å². The molecule has 2 aromatic rings.